The van der Waals surface area contributed by atoms with Gasteiger partial charge in [-0.05, 0) is 18.2 Å². The highest BCUT2D eigenvalue weighted by Gasteiger charge is 2.36. The van der Waals surface area contributed by atoms with Crippen LogP contribution in [-0.2, 0) is 20.0 Å². The maximum atomic E-state index is 13.7. The number of hydrogen-bond acceptors (Lipinski definition) is 3. The van der Waals surface area contributed by atoms with Gasteiger partial charge in [-0.15, -0.1) is 0 Å². The fourth-order valence-corrected chi connectivity index (χ4v) is 3.62. The van der Waals surface area contributed by atoms with Crippen molar-refractivity contribution in [2.45, 2.75) is 12.6 Å². The number of hydrogen-bond donors (Lipinski definition) is 0. The number of nitrogens with zero attached hydrogens (tertiary/aromatic N) is 1. The maximum Gasteiger partial charge on any atom is 0.416 e. The number of anilines is 1. The summed E-state index contributed by atoms with van der Waals surface area (Å²) in [5, 5.41) is 0. The SMILES string of the molecule is O=C1CC(CS(=O)(=O)Cl)CN1c1cc(C(F)(F)F)ccc1F. The second-order valence-electron chi connectivity index (χ2n) is 4.94. The van der Waals surface area contributed by atoms with Crippen molar-refractivity contribution in [3.63, 3.8) is 0 Å². The number of halogens is 5. The third-order valence-electron chi connectivity index (χ3n) is 3.20. The quantitative estimate of drug-likeness (QED) is 0.616. The van der Waals surface area contributed by atoms with E-state index in [0.29, 0.717) is 18.2 Å². The number of carbonyl (C=O) groups is 1. The van der Waals surface area contributed by atoms with E-state index in [1.54, 1.807) is 0 Å². The summed E-state index contributed by atoms with van der Waals surface area (Å²) in [4.78, 5) is 12.6. The van der Waals surface area contributed by atoms with Crippen LogP contribution < -0.4 is 4.90 Å². The van der Waals surface area contributed by atoms with E-state index in [9.17, 15) is 30.8 Å². The summed E-state index contributed by atoms with van der Waals surface area (Å²) < 4.78 is 73.7. The topological polar surface area (TPSA) is 54.5 Å². The summed E-state index contributed by atoms with van der Waals surface area (Å²) in [6.45, 7) is -0.205. The minimum absolute atomic E-state index is 0.205. The average molecular weight is 360 g/mol. The zero-order valence-corrected chi connectivity index (χ0v) is 12.5. The molecule has 0 aliphatic carbocycles. The molecule has 1 atom stereocenters. The zero-order chi connectivity index (χ0) is 16.7. The van der Waals surface area contributed by atoms with E-state index in [2.05, 4.69) is 0 Å². The first-order valence-corrected chi connectivity index (χ1v) is 8.54. The van der Waals surface area contributed by atoms with Gasteiger partial charge in [-0.2, -0.15) is 13.2 Å². The van der Waals surface area contributed by atoms with Crippen molar-refractivity contribution in [3.8, 4) is 0 Å². The van der Waals surface area contributed by atoms with Crippen LogP contribution in [0, 0.1) is 11.7 Å². The number of alkyl halides is 3. The Hall–Kier alpha value is -1.35. The highest BCUT2D eigenvalue weighted by Crippen LogP contribution is 2.35. The third-order valence-corrected chi connectivity index (χ3v) is 4.45. The molecule has 0 N–H and O–H groups in total. The van der Waals surface area contributed by atoms with Crippen LogP contribution in [0.25, 0.3) is 0 Å². The molecule has 4 nitrogen and oxygen atoms in total. The molecule has 1 amide bonds. The van der Waals surface area contributed by atoms with E-state index in [1.807, 2.05) is 0 Å². The Morgan fingerprint density at radius 3 is 2.50 bits per heavy atom. The van der Waals surface area contributed by atoms with Gasteiger partial charge in [-0.25, -0.2) is 12.8 Å². The van der Waals surface area contributed by atoms with E-state index in [1.165, 1.54) is 0 Å². The van der Waals surface area contributed by atoms with E-state index >= 15 is 0 Å². The largest absolute Gasteiger partial charge is 0.416 e. The summed E-state index contributed by atoms with van der Waals surface area (Å²) in [6.07, 6.45) is -4.90. The van der Waals surface area contributed by atoms with Crippen LogP contribution in [0.3, 0.4) is 0 Å². The Labute approximate surface area is 128 Å². The van der Waals surface area contributed by atoms with Crippen molar-refractivity contribution < 1.29 is 30.8 Å². The molecule has 1 fully saturated rings. The average Bonchev–Trinajstić information content (AvgIpc) is 2.66. The van der Waals surface area contributed by atoms with Gasteiger partial charge in [0.2, 0.25) is 15.0 Å². The first-order valence-electron chi connectivity index (χ1n) is 6.07. The molecule has 10 heteroatoms. The highest BCUT2D eigenvalue weighted by atomic mass is 35.7. The number of benzene rings is 1. The van der Waals surface area contributed by atoms with Crippen LogP contribution in [0.2, 0.25) is 0 Å². The molecule has 0 spiro atoms. The fourth-order valence-electron chi connectivity index (χ4n) is 2.30. The molecule has 2 rings (SSSR count). The van der Waals surface area contributed by atoms with E-state index in [0.717, 1.165) is 4.90 Å². The van der Waals surface area contributed by atoms with Crippen LogP contribution >= 0.6 is 10.7 Å². The van der Waals surface area contributed by atoms with Gasteiger partial charge in [-0.3, -0.25) is 4.79 Å². The van der Waals surface area contributed by atoms with Crippen molar-refractivity contribution in [3.05, 3.63) is 29.6 Å². The minimum Gasteiger partial charge on any atom is -0.309 e. The summed E-state index contributed by atoms with van der Waals surface area (Å²) >= 11 is 0. The molecular formula is C12H10ClF4NO3S. The first kappa shape index (κ1) is 17.0. The lowest BCUT2D eigenvalue weighted by molar-refractivity contribution is -0.137. The standard InChI is InChI=1S/C12H10ClF4NO3S/c13-22(20,21)6-7-3-11(19)18(5-7)10-4-8(12(15,16)17)1-2-9(10)14/h1-2,4,7H,3,5-6H2. The van der Waals surface area contributed by atoms with E-state index in [-0.39, 0.29) is 13.0 Å². The normalized spacial score (nSPS) is 19.8. The van der Waals surface area contributed by atoms with Crippen molar-refractivity contribution in [2.75, 3.05) is 17.2 Å². The van der Waals surface area contributed by atoms with E-state index in [4.69, 9.17) is 10.7 Å². The molecule has 0 bridgehead atoms. The Morgan fingerprint density at radius 2 is 1.95 bits per heavy atom. The predicted molar refractivity (Wildman–Crippen MR) is 71.5 cm³/mol. The molecule has 22 heavy (non-hydrogen) atoms. The van der Waals surface area contributed by atoms with Crippen LogP contribution in [0.5, 0.6) is 0 Å². The first-order chi connectivity index (χ1) is 9.97. The number of amides is 1. The van der Waals surface area contributed by atoms with Crippen LogP contribution in [0.4, 0.5) is 23.2 Å². The molecule has 1 heterocycles. The molecule has 0 radical (unpaired) electrons. The molecular weight excluding hydrogens is 350 g/mol. The second kappa shape index (κ2) is 5.69. The number of rotatable bonds is 3. The lowest BCUT2D eigenvalue weighted by Gasteiger charge is -2.19. The molecule has 122 valence electrons. The monoisotopic (exact) mass is 359 g/mol. The summed E-state index contributed by atoms with van der Waals surface area (Å²) in [7, 11) is 1.23. The van der Waals surface area contributed by atoms with Gasteiger partial charge in [-0.1, -0.05) is 0 Å². The molecule has 1 aromatic carbocycles. The van der Waals surface area contributed by atoms with Crippen molar-refractivity contribution in [2.24, 2.45) is 5.92 Å². The number of carbonyl (C=O) groups excluding carboxylic acids is 1. The maximum absolute atomic E-state index is 13.7. The van der Waals surface area contributed by atoms with Crippen LogP contribution in [-0.4, -0.2) is 26.6 Å². The Morgan fingerprint density at radius 1 is 1.32 bits per heavy atom. The summed E-state index contributed by atoms with van der Waals surface area (Å²) in [5.74, 6) is -2.83. The fraction of sp³-hybridized carbons (Fsp3) is 0.417. The van der Waals surface area contributed by atoms with Gasteiger partial charge >= 0.3 is 6.18 Å². The van der Waals surface area contributed by atoms with Gasteiger partial charge in [0.05, 0.1) is 17.0 Å². The molecule has 0 saturated carbocycles. The summed E-state index contributed by atoms with van der Waals surface area (Å²) in [6, 6.07) is 1.72. The third kappa shape index (κ3) is 3.89. The molecule has 1 unspecified atom stereocenters. The van der Waals surface area contributed by atoms with Crippen molar-refractivity contribution in [1.29, 1.82) is 0 Å². The Bertz CT molecular complexity index is 705. The molecule has 0 aromatic heterocycles. The van der Waals surface area contributed by atoms with Gasteiger partial charge in [0.15, 0.2) is 0 Å². The lowest BCUT2D eigenvalue weighted by atomic mass is 10.1. The highest BCUT2D eigenvalue weighted by molar-refractivity contribution is 8.13. The second-order valence-corrected chi connectivity index (χ2v) is 7.77. The Kier molecular flexibility index (Phi) is 4.40. The van der Waals surface area contributed by atoms with Gasteiger partial charge in [0, 0.05) is 29.6 Å². The van der Waals surface area contributed by atoms with Crippen molar-refractivity contribution >= 4 is 31.3 Å². The minimum atomic E-state index is -4.68. The van der Waals surface area contributed by atoms with Gasteiger partial charge in [0.25, 0.3) is 0 Å². The molecule has 1 saturated heterocycles. The van der Waals surface area contributed by atoms with E-state index < -0.39 is 49.9 Å². The van der Waals surface area contributed by atoms with Crippen LogP contribution in [0.1, 0.15) is 12.0 Å². The van der Waals surface area contributed by atoms with Gasteiger partial charge < -0.3 is 4.90 Å². The van der Waals surface area contributed by atoms with Gasteiger partial charge in [0.1, 0.15) is 5.82 Å². The predicted octanol–water partition coefficient (Wildman–Crippen LogP) is 2.77. The van der Waals surface area contributed by atoms with Crippen LogP contribution in [0.15, 0.2) is 18.2 Å². The molecule has 1 aromatic rings. The lowest BCUT2D eigenvalue weighted by Crippen LogP contribution is -2.26. The Balaban J connectivity index is 2.30. The van der Waals surface area contributed by atoms with Crippen molar-refractivity contribution in [1.82, 2.24) is 0 Å². The zero-order valence-electron chi connectivity index (χ0n) is 10.9. The molecule has 1 aliphatic rings. The smallest absolute Gasteiger partial charge is 0.309 e. The molecule has 1 aliphatic heterocycles. The summed E-state index contributed by atoms with van der Waals surface area (Å²) in [5.41, 5.74) is -1.61.